The van der Waals surface area contributed by atoms with Gasteiger partial charge in [0.25, 0.3) is 0 Å². The summed E-state index contributed by atoms with van der Waals surface area (Å²) < 4.78 is 61.4. The average Bonchev–Trinajstić information content (AvgIpc) is 2.67. The molecule has 0 saturated carbocycles. The lowest BCUT2D eigenvalue weighted by Gasteiger charge is -2.33. The van der Waals surface area contributed by atoms with Crippen LogP contribution in [0.4, 0.5) is 13.2 Å². The molecule has 2 heterocycles. The van der Waals surface area contributed by atoms with Crippen LogP contribution in [0.1, 0.15) is 51.9 Å². The molecule has 7 nitrogen and oxygen atoms in total. The lowest BCUT2D eigenvalue weighted by Crippen LogP contribution is -2.51. The van der Waals surface area contributed by atoms with E-state index in [-0.39, 0.29) is 19.1 Å². The Kier molecular flexibility index (Phi) is 9.02. The molecule has 2 aliphatic rings. The highest BCUT2D eigenvalue weighted by Crippen LogP contribution is 2.28. The van der Waals surface area contributed by atoms with E-state index >= 15 is 0 Å². The SMILES string of the molecule is CN=C(NCCCCN1CCCCC1C)NC1CCN(S(=O)(=O)C(F)(F)F)CC1. The fourth-order valence-electron chi connectivity index (χ4n) is 3.91. The van der Waals surface area contributed by atoms with Gasteiger partial charge >= 0.3 is 15.5 Å². The molecule has 2 fully saturated rings. The molecule has 2 N–H and O–H groups in total. The van der Waals surface area contributed by atoms with Crippen molar-refractivity contribution in [1.82, 2.24) is 19.8 Å². The number of likely N-dealkylation sites (tertiary alicyclic amines) is 1. The monoisotopic (exact) mass is 441 g/mol. The minimum Gasteiger partial charge on any atom is -0.356 e. The van der Waals surface area contributed by atoms with E-state index in [9.17, 15) is 21.6 Å². The van der Waals surface area contributed by atoms with Crippen LogP contribution >= 0.6 is 0 Å². The van der Waals surface area contributed by atoms with Crippen LogP contribution in [0.15, 0.2) is 4.99 Å². The predicted molar refractivity (Wildman–Crippen MR) is 108 cm³/mol. The molecule has 0 spiro atoms. The standard InChI is InChI=1S/C18H34F3N5O2S/c1-15-7-3-5-11-25(15)12-6-4-10-23-17(22-2)24-16-8-13-26(14-9-16)29(27,28)18(19,20)21/h15-16H,3-14H2,1-2H3,(H2,22,23,24). The van der Waals surface area contributed by atoms with Crippen molar-refractivity contribution in [3.63, 3.8) is 0 Å². The fourth-order valence-corrected chi connectivity index (χ4v) is 4.90. The Morgan fingerprint density at radius 2 is 1.79 bits per heavy atom. The maximum Gasteiger partial charge on any atom is 0.511 e. The number of nitrogens with one attached hydrogen (secondary N) is 2. The van der Waals surface area contributed by atoms with E-state index < -0.39 is 15.5 Å². The van der Waals surface area contributed by atoms with Crippen molar-refractivity contribution in [1.29, 1.82) is 0 Å². The van der Waals surface area contributed by atoms with Crippen LogP contribution in [0, 0.1) is 0 Å². The Morgan fingerprint density at radius 1 is 1.10 bits per heavy atom. The number of guanidine groups is 1. The summed E-state index contributed by atoms with van der Waals surface area (Å²) in [5.41, 5.74) is -5.24. The summed E-state index contributed by atoms with van der Waals surface area (Å²) in [6, 6.07) is 0.563. The number of aliphatic imine (C=N–C) groups is 1. The zero-order valence-corrected chi connectivity index (χ0v) is 18.2. The van der Waals surface area contributed by atoms with Gasteiger partial charge in [-0.25, -0.2) is 8.42 Å². The molecule has 2 aliphatic heterocycles. The first-order chi connectivity index (χ1) is 13.6. The molecule has 2 rings (SSSR count). The van der Waals surface area contributed by atoms with Crippen molar-refractivity contribution in [3.8, 4) is 0 Å². The molecular formula is C18H34F3N5O2S. The molecule has 2 saturated heterocycles. The van der Waals surface area contributed by atoms with E-state index in [0.717, 1.165) is 25.9 Å². The van der Waals surface area contributed by atoms with E-state index in [2.05, 4.69) is 27.4 Å². The van der Waals surface area contributed by atoms with Crippen molar-refractivity contribution in [2.24, 2.45) is 4.99 Å². The summed E-state index contributed by atoms with van der Waals surface area (Å²) in [7, 11) is -3.59. The van der Waals surface area contributed by atoms with Crippen LogP contribution in [0.25, 0.3) is 0 Å². The Morgan fingerprint density at radius 3 is 2.38 bits per heavy atom. The third kappa shape index (κ3) is 6.99. The molecule has 29 heavy (non-hydrogen) atoms. The molecule has 0 aromatic heterocycles. The molecular weight excluding hydrogens is 407 g/mol. The summed E-state index contributed by atoms with van der Waals surface area (Å²) in [6.07, 6.45) is 6.60. The van der Waals surface area contributed by atoms with E-state index in [1.165, 1.54) is 25.8 Å². The van der Waals surface area contributed by atoms with Crippen LogP contribution in [-0.4, -0.2) is 80.9 Å². The van der Waals surface area contributed by atoms with Gasteiger partial charge in [-0.1, -0.05) is 6.42 Å². The van der Waals surface area contributed by atoms with Crippen LogP contribution in [0.3, 0.4) is 0 Å². The van der Waals surface area contributed by atoms with Gasteiger partial charge < -0.3 is 15.5 Å². The molecule has 0 bridgehead atoms. The topological polar surface area (TPSA) is 77.0 Å². The number of piperidine rings is 2. The summed E-state index contributed by atoms with van der Waals surface area (Å²) in [4.78, 5) is 6.70. The zero-order chi connectivity index (χ0) is 21.5. The molecule has 0 radical (unpaired) electrons. The number of sulfonamides is 1. The molecule has 0 aromatic rings. The summed E-state index contributed by atoms with van der Waals surface area (Å²) in [6.45, 7) is 5.04. The second-order valence-corrected chi connectivity index (χ2v) is 9.78. The predicted octanol–water partition coefficient (Wildman–Crippen LogP) is 2.12. The lowest BCUT2D eigenvalue weighted by atomic mass is 10.0. The van der Waals surface area contributed by atoms with Crippen LogP contribution in [0.5, 0.6) is 0 Å². The van der Waals surface area contributed by atoms with Crippen molar-refractivity contribution in [3.05, 3.63) is 0 Å². The number of nitrogens with zero attached hydrogens (tertiary/aromatic N) is 3. The van der Waals surface area contributed by atoms with Gasteiger partial charge in [-0.3, -0.25) is 4.99 Å². The van der Waals surface area contributed by atoms with Gasteiger partial charge in [-0.15, -0.1) is 0 Å². The smallest absolute Gasteiger partial charge is 0.356 e. The highest BCUT2D eigenvalue weighted by atomic mass is 32.2. The molecule has 1 unspecified atom stereocenters. The third-order valence-corrected chi connectivity index (χ3v) is 7.39. The average molecular weight is 442 g/mol. The zero-order valence-electron chi connectivity index (χ0n) is 17.3. The van der Waals surface area contributed by atoms with Gasteiger partial charge in [0.2, 0.25) is 0 Å². The minimum atomic E-state index is -5.24. The van der Waals surface area contributed by atoms with E-state index in [1.807, 2.05) is 0 Å². The van der Waals surface area contributed by atoms with Crippen LogP contribution in [-0.2, 0) is 10.0 Å². The van der Waals surface area contributed by atoms with Gasteiger partial charge in [0.1, 0.15) is 0 Å². The van der Waals surface area contributed by atoms with Crippen molar-refractivity contribution in [2.75, 3.05) is 39.8 Å². The quantitative estimate of drug-likeness (QED) is 0.360. The lowest BCUT2D eigenvalue weighted by molar-refractivity contribution is -0.0494. The fraction of sp³-hybridized carbons (Fsp3) is 0.944. The van der Waals surface area contributed by atoms with E-state index in [4.69, 9.17) is 0 Å². The Labute approximate surface area is 172 Å². The number of halogens is 3. The first-order valence-corrected chi connectivity index (χ1v) is 11.9. The molecule has 0 amide bonds. The van der Waals surface area contributed by atoms with Crippen molar-refractivity contribution in [2.45, 2.75) is 69.5 Å². The van der Waals surface area contributed by atoms with Gasteiger partial charge in [0.15, 0.2) is 5.96 Å². The largest absolute Gasteiger partial charge is 0.511 e. The maximum atomic E-state index is 12.6. The Balaban J connectivity index is 1.65. The van der Waals surface area contributed by atoms with E-state index in [0.29, 0.717) is 29.1 Å². The molecule has 1 atom stereocenters. The molecule has 170 valence electrons. The van der Waals surface area contributed by atoms with Crippen LogP contribution in [0.2, 0.25) is 0 Å². The second kappa shape index (κ2) is 10.8. The highest BCUT2D eigenvalue weighted by molar-refractivity contribution is 7.90. The highest BCUT2D eigenvalue weighted by Gasteiger charge is 2.50. The number of rotatable bonds is 7. The number of alkyl halides is 3. The first kappa shape index (κ1) is 24.2. The Bertz CT molecular complexity index is 634. The molecule has 11 heteroatoms. The number of unbranched alkanes of at least 4 members (excludes halogenated alkanes) is 1. The van der Waals surface area contributed by atoms with Gasteiger partial charge in [0, 0.05) is 38.8 Å². The Hall–Kier alpha value is -1.07. The summed E-state index contributed by atoms with van der Waals surface area (Å²) >= 11 is 0. The maximum absolute atomic E-state index is 12.6. The summed E-state index contributed by atoms with van der Waals surface area (Å²) in [5.74, 6) is 0.605. The third-order valence-electron chi connectivity index (χ3n) is 5.76. The number of hydrogen-bond donors (Lipinski definition) is 2. The second-order valence-electron chi connectivity index (χ2n) is 7.86. The normalized spacial score (nSPS) is 23.9. The minimum absolute atomic E-state index is 0.102. The van der Waals surface area contributed by atoms with Gasteiger partial charge in [0.05, 0.1) is 0 Å². The summed E-state index contributed by atoms with van der Waals surface area (Å²) in [5, 5.41) is 6.43. The van der Waals surface area contributed by atoms with Crippen LogP contribution < -0.4 is 10.6 Å². The van der Waals surface area contributed by atoms with Crippen molar-refractivity contribution >= 4 is 16.0 Å². The molecule has 0 aromatic carbocycles. The van der Waals surface area contributed by atoms with Gasteiger partial charge in [-0.2, -0.15) is 17.5 Å². The van der Waals surface area contributed by atoms with Gasteiger partial charge in [-0.05, 0) is 58.5 Å². The van der Waals surface area contributed by atoms with Crippen molar-refractivity contribution < 1.29 is 21.6 Å². The van der Waals surface area contributed by atoms with E-state index in [1.54, 1.807) is 7.05 Å². The first-order valence-electron chi connectivity index (χ1n) is 10.4. The molecule has 0 aliphatic carbocycles. The number of hydrogen-bond acceptors (Lipinski definition) is 4.